The van der Waals surface area contributed by atoms with Crippen molar-refractivity contribution < 1.29 is 4.79 Å². The first kappa shape index (κ1) is 9.96. The lowest BCUT2D eigenvalue weighted by Gasteiger charge is -2.33. The van der Waals surface area contributed by atoms with Crippen molar-refractivity contribution in [1.29, 1.82) is 0 Å². The maximum absolute atomic E-state index is 11.6. The second-order valence-corrected chi connectivity index (χ2v) is 3.85. The third kappa shape index (κ3) is 1.56. The maximum Gasteiger partial charge on any atom is 0.246 e. The van der Waals surface area contributed by atoms with Gasteiger partial charge in [-0.1, -0.05) is 6.58 Å². The number of rotatable bonds is 1. The molecule has 0 aromatic carbocycles. The summed E-state index contributed by atoms with van der Waals surface area (Å²) in [5, 5.41) is 4.37. The van der Waals surface area contributed by atoms with Gasteiger partial charge in [0, 0.05) is 6.54 Å². The van der Waals surface area contributed by atoms with Crippen LogP contribution in [0.3, 0.4) is 0 Å². The molecule has 0 saturated heterocycles. The fraction of sp³-hybridized carbons (Fsp3) is 0.455. The molecular formula is C11H15N3O. The van der Waals surface area contributed by atoms with Gasteiger partial charge in [-0.25, -0.2) is 0 Å². The van der Waals surface area contributed by atoms with Crippen molar-refractivity contribution in [3.63, 3.8) is 0 Å². The highest BCUT2D eigenvalue weighted by molar-refractivity contribution is 5.87. The normalized spacial score (nSPS) is 19.9. The van der Waals surface area contributed by atoms with Crippen molar-refractivity contribution >= 4 is 5.91 Å². The summed E-state index contributed by atoms with van der Waals surface area (Å²) in [4.78, 5) is 13.4. The van der Waals surface area contributed by atoms with E-state index in [4.69, 9.17) is 0 Å². The number of hydrogen-bond acceptors (Lipinski definition) is 2. The van der Waals surface area contributed by atoms with Crippen LogP contribution in [0.25, 0.3) is 0 Å². The van der Waals surface area contributed by atoms with Crippen molar-refractivity contribution in [2.24, 2.45) is 0 Å². The van der Waals surface area contributed by atoms with Gasteiger partial charge in [-0.2, -0.15) is 5.10 Å². The van der Waals surface area contributed by atoms with Gasteiger partial charge < -0.3 is 4.90 Å². The first-order valence-corrected chi connectivity index (χ1v) is 5.11. The highest BCUT2D eigenvalue weighted by atomic mass is 16.2. The van der Waals surface area contributed by atoms with Crippen LogP contribution in [0.2, 0.25) is 0 Å². The summed E-state index contributed by atoms with van der Waals surface area (Å²) in [5.74, 6) is -0.00685. The van der Waals surface area contributed by atoms with Crippen LogP contribution in [0, 0.1) is 6.92 Å². The number of carbonyl (C=O) groups excluding carboxylic acids is 1. The predicted octanol–water partition coefficient (Wildman–Crippen LogP) is 1.28. The molecule has 1 amide bonds. The van der Waals surface area contributed by atoms with E-state index in [1.165, 1.54) is 6.08 Å². The van der Waals surface area contributed by atoms with Crippen LogP contribution >= 0.6 is 0 Å². The second kappa shape index (κ2) is 3.53. The Morgan fingerprint density at radius 1 is 1.67 bits per heavy atom. The van der Waals surface area contributed by atoms with Crippen molar-refractivity contribution in [3.05, 3.63) is 30.1 Å². The van der Waals surface area contributed by atoms with E-state index in [2.05, 4.69) is 11.7 Å². The molecule has 4 heteroatoms. The molecule has 2 heterocycles. The number of aromatic nitrogens is 2. The lowest BCUT2D eigenvalue weighted by atomic mass is 10.1. The Morgan fingerprint density at radius 2 is 2.40 bits per heavy atom. The van der Waals surface area contributed by atoms with Crippen LogP contribution in [0.15, 0.2) is 18.7 Å². The van der Waals surface area contributed by atoms with Gasteiger partial charge >= 0.3 is 0 Å². The standard InChI is InChI=1S/C11H15N3O/c1-4-11(15)13-5-6-14-10(9(13)3)7-8(2)12-14/h4,7,9H,1,5-6H2,2-3H3. The molecule has 2 rings (SSSR count). The first-order valence-electron chi connectivity index (χ1n) is 5.11. The Morgan fingerprint density at radius 3 is 3.07 bits per heavy atom. The Bertz CT molecular complexity index is 408. The van der Waals surface area contributed by atoms with E-state index >= 15 is 0 Å². The first-order chi connectivity index (χ1) is 7.13. The predicted molar refractivity (Wildman–Crippen MR) is 57.3 cm³/mol. The Labute approximate surface area is 89.2 Å². The summed E-state index contributed by atoms with van der Waals surface area (Å²) in [6.07, 6.45) is 1.37. The molecule has 1 aromatic heterocycles. The minimum Gasteiger partial charge on any atom is -0.329 e. The second-order valence-electron chi connectivity index (χ2n) is 3.85. The molecule has 0 radical (unpaired) electrons. The summed E-state index contributed by atoms with van der Waals surface area (Å²) < 4.78 is 1.98. The fourth-order valence-electron chi connectivity index (χ4n) is 2.05. The van der Waals surface area contributed by atoms with Gasteiger partial charge in [-0.15, -0.1) is 0 Å². The minimum absolute atomic E-state index is 0.00685. The molecular weight excluding hydrogens is 190 g/mol. The maximum atomic E-state index is 11.6. The van der Waals surface area contributed by atoms with Gasteiger partial charge in [0.25, 0.3) is 0 Å². The topological polar surface area (TPSA) is 38.1 Å². The number of carbonyl (C=O) groups is 1. The molecule has 0 saturated carbocycles. The Kier molecular flexibility index (Phi) is 2.34. The van der Waals surface area contributed by atoms with Crippen molar-refractivity contribution in [1.82, 2.24) is 14.7 Å². The summed E-state index contributed by atoms with van der Waals surface area (Å²) in [7, 11) is 0. The molecule has 80 valence electrons. The molecule has 1 aliphatic rings. The smallest absolute Gasteiger partial charge is 0.246 e. The average molecular weight is 205 g/mol. The minimum atomic E-state index is -0.00685. The highest BCUT2D eigenvalue weighted by Crippen LogP contribution is 2.25. The van der Waals surface area contributed by atoms with Crippen LogP contribution in [-0.2, 0) is 11.3 Å². The van der Waals surface area contributed by atoms with Crippen molar-refractivity contribution in [2.45, 2.75) is 26.4 Å². The highest BCUT2D eigenvalue weighted by Gasteiger charge is 2.27. The van der Waals surface area contributed by atoms with E-state index in [0.717, 1.165) is 17.9 Å². The summed E-state index contributed by atoms with van der Waals surface area (Å²) in [6.45, 7) is 8.99. The molecule has 1 atom stereocenters. The van der Waals surface area contributed by atoms with Gasteiger partial charge in [-0.3, -0.25) is 9.48 Å². The zero-order valence-electron chi connectivity index (χ0n) is 9.10. The van der Waals surface area contributed by atoms with Crippen LogP contribution in [0.5, 0.6) is 0 Å². The van der Waals surface area contributed by atoms with E-state index < -0.39 is 0 Å². The van der Waals surface area contributed by atoms with E-state index in [-0.39, 0.29) is 11.9 Å². The van der Waals surface area contributed by atoms with E-state index in [9.17, 15) is 4.79 Å². The molecule has 4 nitrogen and oxygen atoms in total. The number of amides is 1. The Balaban J connectivity index is 2.32. The molecule has 0 bridgehead atoms. The molecule has 0 fully saturated rings. The third-order valence-corrected chi connectivity index (χ3v) is 2.84. The number of aryl methyl sites for hydroxylation is 1. The average Bonchev–Trinajstić information content (AvgIpc) is 2.59. The lowest BCUT2D eigenvalue weighted by molar-refractivity contribution is -0.129. The molecule has 1 unspecified atom stereocenters. The summed E-state index contributed by atoms with van der Waals surface area (Å²) in [5.41, 5.74) is 2.11. The van der Waals surface area contributed by atoms with Crippen LogP contribution in [-0.4, -0.2) is 27.1 Å². The zero-order valence-corrected chi connectivity index (χ0v) is 9.10. The summed E-state index contributed by atoms with van der Waals surface area (Å²) >= 11 is 0. The van der Waals surface area contributed by atoms with Gasteiger partial charge in [0.05, 0.1) is 24.0 Å². The number of fused-ring (bicyclic) bond motifs is 1. The number of nitrogens with zero attached hydrogens (tertiary/aromatic N) is 3. The van der Waals surface area contributed by atoms with Crippen LogP contribution in [0.4, 0.5) is 0 Å². The fourth-order valence-corrected chi connectivity index (χ4v) is 2.05. The van der Waals surface area contributed by atoms with Gasteiger partial charge in [0.1, 0.15) is 0 Å². The Hall–Kier alpha value is -1.58. The van der Waals surface area contributed by atoms with Crippen LogP contribution < -0.4 is 0 Å². The van der Waals surface area contributed by atoms with Crippen LogP contribution in [0.1, 0.15) is 24.4 Å². The third-order valence-electron chi connectivity index (χ3n) is 2.84. The monoisotopic (exact) mass is 205 g/mol. The molecule has 0 spiro atoms. The van der Waals surface area contributed by atoms with Crippen molar-refractivity contribution in [2.75, 3.05) is 6.54 Å². The van der Waals surface area contributed by atoms with E-state index in [1.54, 1.807) is 0 Å². The largest absolute Gasteiger partial charge is 0.329 e. The van der Waals surface area contributed by atoms with Gasteiger partial charge in [0.2, 0.25) is 5.91 Å². The molecule has 0 N–H and O–H groups in total. The quantitative estimate of drug-likeness (QED) is 0.648. The lowest BCUT2D eigenvalue weighted by Crippen LogP contribution is -2.40. The van der Waals surface area contributed by atoms with E-state index in [0.29, 0.717) is 6.54 Å². The number of hydrogen-bond donors (Lipinski definition) is 0. The van der Waals surface area contributed by atoms with E-state index in [1.807, 2.05) is 29.5 Å². The molecule has 0 aliphatic carbocycles. The van der Waals surface area contributed by atoms with Crippen molar-refractivity contribution in [3.8, 4) is 0 Å². The zero-order chi connectivity index (χ0) is 11.0. The van der Waals surface area contributed by atoms with Gasteiger partial charge in [0.15, 0.2) is 0 Å². The molecule has 1 aliphatic heterocycles. The molecule has 15 heavy (non-hydrogen) atoms. The summed E-state index contributed by atoms with van der Waals surface area (Å²) in [6, 6.07) is 2.12. The molecule has 1 aromatic rings. The SMILES string of the molecule is C=CC(=O)N1CCn2nc(C)cc2C1C. The van der Waals surface area contributed by atoms with Gasteiger partial charge in [-0.05, 0) is 26.0 Å².